The van der Waals surface area contributed by atoms with E-state index >= 15 is 0 Å². The molecule has 0 bridgehead atoms. The van der Waals surface area contributed by atoms with Crippen LogP contribution >= 0.6 is 15.9 Å². The van der Waals surface area contributed by atoms with Gasteiger partial charge in [0.2, 0.25) is 0 Å². The third-order valence-electron chi connectivity index (χ3n) is 3.23. The number of halogens is 1. The lowest BCUT2D eigenvalue weighted by atomic mass is 9.89. The van der Waals surface area contributed by atoms with Gasteiger partial charge in [0.15, 0.2) is 0 Å². The van der Waals surface area contributed by atoms with Crippen molar-refractivity contribution < 1.29 is 14.6 Å². The van der Waals surface area contributed by atoms with Crippen LogP contribution in [-0.4, -0.2) is 31.8 Å². The van der Waals surface area contributed by atoms with Gasteiger partial charge in [-0.25, -0.2) is 0 Å². The molecule has 0 aliphatic rings. The van der Waals surface area contributed by atoms with E-state index in [1.165, 1.54) is 0 Å². The van der Waals surface area contributed by atoms with Crippen LogP contribution in [-0.2, 0) is 4.79 Å². The van der Waals surface area contributed by atoms with Crippen molar-refractivity contribution in [2.24, 2.45) is 5.41 Å². The predicted molar refractivity (Wildman–Crippen MR) is 80.0 cm³/mol. The molecule has 19 heavy (non-hydrogen) atoms. The minimum atomic E-state index is -0.767. The van der Waals surface area contributed by atoms with Gasteiger partial charge in [-0.15, -0.1) is 0 Å². The van der Waals surface area contributed by atoms with E-state index < -0.39 is 11.4 Å². The zero-order chi connectivity index (χ0) is 14.6. The zero-order valence-corrected chi connectivity index (χ0v) is 13.3. The molecular formula is C14H20BrNO3. The van der Waals surface area contributed by atoms with Gasteiger partial charge in [-0.2, -0.15) is 0 Å². The Morgan fingerprint density at radius 2 is 2.11 bits per heavy atom. The molecule has 0 spiro atoms. The highest BCUT2D eigenvalue weighted by atomic mass is 79.9. The van der Waals surface area contributed by atoms with Crippen LogP contribution in [0.1, 0.15) is 20.3 Å². The Kier molecular flexibility index (Phi) is 5.23. The molecule has 0 aliphatic carbocycles. The third kappa shape index (κ3) is 4.13. The second-order valence-corrected chi connectivity index (χ2v) is 6.03. The maximum atomic E-state index is 11.1. The van der Waals surface area contributed by atoms with Crippen LogP contribution in [0, 0.1) is 5.41 Å². The largest absolute Gasteiger partial charge is 0.496 e. The Morgan fingerprint density at radius 1 is 1.47 bits per heavy atom. The Bertz CT molecular complexity index is 460. The van der Waals surface area contributed by atoms with Crippen LogP contribution < -0.4 is 9.64 Å². The summed E-state index contributed by atoms with van der Waals surface area (Å²) < 4.78 is 6.07. The smallest absolute Gasteiger partial charge is 0.309 e. The van der Waals surface area contributed by atoms with Crippen LogP contribution in [0.3, 0.4) is 0 Å². The molecule has 4 nitrogen and oxygen atoms in total. The number of carboxylic acids is 1. The Hall–Kier alpha value is -1.23. The van der Waals surface area contributed by atoms with Crippen molar-refractivity contribution in [3.8, 4) is 5.75 Å². The highest BCUT2D eigenvalue weighted by Gasteiger charge is 2.27. The van der Waals surface area contributed by atoms with Gasteiger partial charge in [0.25, 0.3) is 0 Å². The Balaban J connectivity index is 2.71. The molecule has 1 aromatic carbocycles. The van der Waals surface area contributed by atoms with Crippen LogP contribution in [0.15, 0.2) is 22.7 Å². The number of ether oxygens (including phenoxy) is 1. The molecule has 1 rings (SSSR count). The van der Waals surface area contributed by atoms with Gasteiger partial charge in [0.05, 0.1) is 17.0 Å². The monoisotopic (exact) mass is 329 g/mol. The standard InChI is InChI=1S/C14H20BrNO3/c1-14(2,13(17)18)7-8-16(3)10-5-6-12(19-4)11(15)9-10/h5-6,9H,7-8H2,1-4H3,(H,17,18). The number of anilines is 1. The molecule has 1 aromatic rings. The van der Waals surface area contributed by atoms with E-state index in [2.05, 4.69) is 15.9 Å². The Morgan fingerprint density at radius 3 is 2.58 bits per heavy atom. The van der Waals surface area contributed by atoms with E-state index in [1.807, 2.05) is 30.1 Å². The summed E-state index contributed by atoms with van der Waals surface area (Å²) in [5.41, 5.74) is 0.312. The average molecular weight is 330 g/mol. The fraction of sp³-hybridized carbons (Fsp3) is 0.500. The SMILES string of the molecule is COc1ccc(N(C)CCC(C)(C)C(=O)O)cc1Br. The quantitative estimate of drug-likeness (QED) is 0.869. The van der Waals surface area contributed by atoms with Crippen LogP contribution in [0.25, 0.3) is 0 Å². The van der Waals surface area contributed by atoms with Crippen molar-refractivity contribution in [3.05, 3.63) is 22.7 Å². The number of methoxy groups -OCH3 is 1. The minimum absolute atomic E-state index is 0.586. The van der Waals surface area contributed by atoms with Crippen molar-refractivity contribution >= 4 is 27.6 Å². The zero-order valence-electron chi connectivity index (χ0n) is 11.7. The van der Waals surface area contributed by atoms with E-state index in [0.29, 0.717) is 13.0 Å². The second-order valence-electron chi connectivity index (χ2n) is 5.18. The molecule has 0 unspecified atom stereocenters. The summed E-state index contributed by atoms with van der Waals surface area (Å²) >= 11 is 3.44. The first-order chi connectivity index (χ1) is 8.77. The molecule has 0 heterocycles. The first-order valence-corrected chi connectivity index (χ1v) is 6.85. The molecule has 0 aliphatic heterocycles. The molecule has 0 saturated carbocycles. The summed E-state index contributed by atoms with van der Waals surface area (Å²) in [4.78, 5) is 13.1. The molecule has 0 radical (unpaired) electrons. The fourth-order valence-corrected chi connectivity index (χ4v) is 2.10. The molecule has 0 atom stereocenters. The van der Waals surface area contributed by atoms with Crippen molar-refractivity contribution in [1.29, 1.82) is 0 Å². The fourth-order valence-electron chi connectivity index (χ4n) is 1.58. The van der Waals surface area contributed by atoms with E-state index in [1.54, 1.807) is 21.0 Å². The van der Waals surface area contributed by atoms with Gasteiger partial charge in [0.1, 0.15) is 5.75 Å². The molecule has 1 N–H and O–H groups in total. The number of hydrogen-bond donors (Lipinski definition) is 1. The predicted octanol–water partition coefficient (Wildman–Crippen LogP) is 3.39. The number of hydrogen-bond acceptors (Lipinski definition) is 3. The van der Waals surface area contributed by atoms with Gasteiger partial charge in [-0.3, -0.25) is 4.79 Å². The van der Waals surface area contributed by atoms with Gasteiger partial charge >= 0.3 is 5.97 Å². The molecule has 106 valence electrons. The first-order valence-electron chi connectivity index (χ1n) is 6.06. The van der Waals surface area contributed by atoms with Gasteiger partial charge in [-0.05, 0) is 54.4 Å². The maximum Gasteiger partial charge on any atom is 0.309 e. The summed E-state index contributed by atoms with van der Waals surface area (Å²) in [5.74, 6) is 0.0137. The van der Waals surface area contributed by atoms with Gasteiger partial charge < -0.3 is 14.7 Å². The van der Waals surface area contributed by atoms with E-state index in [9.17, 15) is 4.79 Å². The normalized spacial score (nSPS) is 11.2. The Labute approximate surface area is 122 Å². The topological polar surface area (TPSA) is 49.8 Å². The summed E-state index contributed by atoms with van der Waals surface area (Å²) in [6.45, 7) is 4.16. The first kappa shape index (κ1) is 15.8. The number of rotatable bonds is 6. The molecule has 0 aromatic heterocycles. The van der Waals surface area contributed by atoms with E-state index in [4.69, 9.17) is 9.84 Å². The molecule has 5 heteroatoms. The van der Waals surface area contributed by atoms with Crippen LogP contribution in [0.4, 0.5) is 5.69 Å². The lowest BCUT2D eigenvalue weighted by molar-refractivity contribution is -0.147. The number of carbonyl (C=O) groups is 1. The molecule has 0 amide bonds. The van der Waals surface area contributed by atoms with Gasteiger partial charge in [0, 0.05) is 19.3 Å². The maximum absolute atomic E-state index is 11.1. The second kappa shape index (κ2) is 6.28. The summed E-state index contributed by atoms with van der Waals surface area (Å²) in [7, 11) is 3.57. The molecule has 0 fully saturated rings. The van der Waals surface area contributed by atoms with Crippen LogP contribution in [0.2, 0.25) is 0 Å². The molecular weight excluding hydrogens is 310 g/mol. The highest BCUT2D eigenvalue weighted by molar-refractivity contribution is 9.10. The number of carboxylic acid groups (broad SMARTS) is 1. The third-order valence-corrected chi connectivity index (χ3v) is 3.85. The van der Waals surface area contributed by atoms with E-state index in [-0.39, 0.29) is 0 Å². The highest BCUT2D eigenvalue weighted by Crippen LogP contribution is 2.30. The van der Waals surface area contributed by atoms with Gasteiger partial charge in [-0.1, -0.05) is 0 Å². The number of nitrogens with zero attached hydrogens (tertiary/aromatic N) is 1. The van der Waals surface area contributed by atoms with Crippen molar-refractivity contribution in [2.45, 2.75) is 20.3 Å². The summed E-state index contributed by atoms with van der Waals surface area (Å²) in [5, 5.41) is 9.09. The van der Waals surface area contributed by atoms with Crippen molar-refractivity contribution in [1.82, 2.24) is 0 Å². The summed E-state index contributed by atoms with van der Waals surface area (Å²) in [6.07, 6.45) is 0.586. The van der Waals surface area contributed by atoms with E-state index in [0.717, 1.165) is 15.9 Å². The number of aliphatic carboxylic acids is 1. The lowest BCUT2D eigenvalue weighted by Gasteiger charge is -2.25. The van der Waals surface area contributed by atoms with Crippen LogP contribution in [0.5, 0.6) is 5.75 Å². The number of benzene rings is 1. The lowest BCUT2D eigenvalue weighted by Crippen LogP contribution is -2.30. The molecule has 0 saturated heterocycles. The average Bonchev–Trinajstić information content (AvgIpc) is 2.35. The van der Waals surface area contributed by atoms with Crippen molar-refractivity contribution in [3.63, 3.8) is 0 Å². The summed E-state index contributed by atoms with van der Waals surface area (Å²) in [6, 6.07) is 5.81. The van der Waals surface area contributed by atoms with Crippen molar-refractivity contribution in [2.75, 3.05) is 25.6 Å². The minimum Gasteiger partial charge on any atom is -0.496 e.